The van der Waals surface area contributed by atoms with Crippen molar-refractivity contribution in [1.82, 2.24) is 9.88 Å². The number of amides is 1. The van der Waals surface area contributed by atoms with Gasteiger partial charge in [0.15, 0.2) is 0 Å². The highest BCUT2D eigenvalue weighted by Gasteiger charge is 2.09. The van der Waals surface area contributed by atoms with E-state index in [4.69, 9.17) is 9.84 Å². The van der Waals surface area contributed by atoms with Crippen LogP contribution in [0.3, 0.4) is 0 Å². The average molecular weight is 240 g/mol. The molecule has 0 saturated carbocycles. The van der Waals surface area contributed by atoms with Crippen molar-refractivity contribution in [3.8, 4) is 0 Å². The second-order valence-corrected chi connectivity index (χ2v) is 3.62. The lowest BCUT2D eigenvalue weighted by atomic mass is 10.4. The number of hydrogen-bond donors (Lipinski definition) is 2. The van der Waals surface area contributed by atoms with Crippen molar-refractivity contribution in [3.63, 3.8) is 0 Å². The Kier molecular flexibility index (Phi) is 4.71. The Hall–Kier alpha value is -1.82. The summed E-state index contributed by atoms with van der Waals surface area (Å²) in [7, 11) is 1.81. The van der Waals surface area contributed by atoms with E-state index in [1.165, 1.54) is 0 Å². The number of aromatic nitrogens is 1. The van der Waals surface area contributed by atoms with E-state index < -0.39 is 5.97 Å². The van der Waals surface area contributed by atoms with Crippen LogP contribution in [0.25, 0.3) is 0 Å². The van der Waals surface area contributed by atoms with E-state index >= 15 is 0 Å². The number of carbonyl (C=O) groups excluding carboxylic acids is 1. The lowest BCUT2D eigenvalue weighted by molar-refractivity contribution is -0.142. The second kappa shape index (κ2) is 6.05. The minimum absolute atomic E-state index is 0.182. The third-order valence-corrected chi connectivity index (χ3v) is 2.36. The largest absolute Gasteiger partial charge is 0.480 e. The molecule has 0 fully saturated rings. The molecule has 0 atom stereocenters. The lowest BCUT2D eigenvalue weighted by Gasteiger charge is -2.07. The van der Waals surface area contributed by atoms with Crippen LogP contribution >= 0.6 is 0 Å². The number of aryl methyl sites for hydroxylation is 1. The first-order chi connectivity index (χ1) is 8.02. The molecule has 0 unspecified atom stereocenters. The fourth-order valence-electron chi connectivity index (χ4n) is 1.33. The van der Waals surface area contributed by atoms with Gasteiger partial charge in [-0.05, 0) is 19.1 Å². The Morgan fingerprint density at radius 3 is 2.71 bits per heavy atom. The van der Waals surface area contributed by atoms with Crippen LogP contribution in [0, 0.1) is 6.92 Å². The van der Waals surface area contributed by atoms with Gasteiger partial charge >= 0.3 is 5.97 Å². The highest BCUT2D eigenvalue weighted by Crippen LogP contribution is 2.04. The third-order valence-electron chi connectivity index (χ3n) is 2.36. The van der Waals surface area contributed by atoms with E-state index in [9.17, 15) is 9.59 Å². The lowest BCUT2D eigenvalue weighted by Crippen LogP contribution is -2.29. The van der Waals surface area contributed by atoms with Gasteiger partial charge in [0.1, 0.15) is 12.3 Å². The van der Waals surface area contributed by atoms with Gasteiger partial charge in [0.05, 0.1) is 6.61 Å². The summed E-state index contributed by atoms with van der Waals surface area (Å²) in [4.78, 5) is 21.8. The standard InChI is InChI=1S/C11H16N2O4/c1-8-3-4-9(13(8)2)11(16)12-5-6-17-7-10(14)15/h3-4H,5-7H2,1-2H3,(H,12,16)(H,14,15). The zero-order chi connectivity index (χ0) is 12.8. The van der Waals surface area contributed by atoms with Crippen molar-refractivity contribution in [1.29, 1.82) is 0 Å². The number of carboxylic acids is 1. The van der Waals surface area contributed by atoms with E-state index in [-0.39, 0.29) is 25.7 Å². The molecule has 6 nitrogen and oxygen atoms in total. The summed E-state index contributed by atoms with van der Waals surface area (Å²) < 4.78 is 6.58. The normalized spacial score (nSPS) is 10.2. The number of nitrogens with one attached hydrogen (secondary N) is 1. The third kappa shape index (κ3) is 3.92. The molecule has 0 spiro atoms. The second-order valence-electron chi connectivity index (χ2n) is 3.62. The summed E-state index contributed by atoms with van der Waals surface area (Å²) in [5, 5.41) is 11.0. The predicted octanol–water partition coefficient (Wildman–Crippen LogP) is 0.165. The minimum Gasteiger partial charge on any atom is -0.480 e. The first-order valence-corrected chi connectivity index (χ1v) is 5.22. The average Bonchev–Trinajstić information content (AvgIpc) is 2.59. The SMILES string of the molecule is Cc1ccc(C(=O)NCCOCC(=O)O)n1C. The van der Waals surface area contributed by atoms with Crippen molar-refractivity contribution >= 4 is 11.9 Å². The quantitative estimate of drug-likeness (QED) is 0.694. The van der Waals surface area contributed by atoms with Gasteiger partial charge in [-0.1, -0.05) is 0 Å². The molecule has 0 saturated heterocycles. The van der Waals surface area contributed by atoms with Crippen molar-refractivity contribution in [3.05, 3.63) is 23.5 Å². The van der Waals surface area contributed by atoms with Gasteiger partial charge in [-0.3, -0.25) is 4.79 Å². The summed E-state index contributed by atoms with van der Waals surface area (Å²) in [6.07, 6.45) is 0. The zero-order valence-electron chi connectivity index (χ0n) is 9.90. The van der Waals surface area contributed by atoms with Crippen LogP contribution in [-0.4, -0.2) is 41.3 Å². The molecule has 1 aromatic rings. The number of rotatable bonds is 6. The fraction of sp³-hybridized carbons (Fsp3) is 0.455. The van der Waals surface area contributed by atoms with Gasteiger partial charge in [-0.2, -0.15) is 0 Å². The van der Waals surface area contributed by atoms with Crippen LogP contribution in [0.5, 0.6) is 0 Å². The Morgan fingerprint density at radius 1 is 1.47 bits per heavy atom. The van der Waals surface area contributed by atoms with E-state index in [0.717, 1.165) is 5.69 Å². The van der Waals surface area contributed by atoms with Crippen LogP contribution in [0.15, 0.2) is 12.1 Å². The topological polar surface area (TPSA) is 80.6 Å². The van der Waals surface area contributed by atoms with Gasteiger partial charge in [0, 0.05) is 19.3 Å². The van der Waals surface area contributed by atoms with E-state index in [0.29, 0.717) is 5.69 Å². The molecule has 0 aliphatic carbocycles. The summed E-state index contributed by atoms with van der Waals surface area (Å²) in [6, 6.07) is 3.60. The maximum atomic E-state index is 11.7. The van der Waals surface area contributed by atoms with E-state index in [2.05, 4.69) is 5.32 Å². The molecule has 0 radical (unpaired) electrons. The Bertz CT molecular complexity index is 412. The Labute approximate surface area is 99.2 Å². The molecule has 94 valence electrons. The van der Waals surface area contributed by atoms with Crippen LogP contribution in [0.2, 0.25) is 0 Å². The molecule has 1 aromatic heterocycles. The van der Waals surface area contributed by atoms with Crippen molar-refractivity contribution < 1.29 is 19.4 Å². The van der Waals surface area contributed by atoms with Crippen molar-refractivity contribution in [2.75, 3.05) is 19.8 Å². The Morgan fingerprint density at radius 2 is 2.18 bits per heavy atom. The summed E-state index contributed by atoms with van der Waals surface area (Å²) in [5.41, 5.74) is 1.57. The maximum absolute atomic E-state index is 11.7. The molecule has 2 N–H and O–H groups in total. The molecule has 17 heavy (non-hydrogen) atoms. The van der Waals surface area contributed by atoms with E-state index in [1.54, 1.807) is 10.6 Å². The number of hydrogen-bond acceptors (Lipinski definition) is 3. The number of nitrogens with zero attached hydrogens (tertiary/aromatic N) is 1. The van der Waals surface area contributed by atoms with Gasteiger partial charge in [-0.15, -0.1) is 0 Å². The number of aliphatic carboxylic acids is 1. The highest BCUT2D eigenvalue weighted by molar-refractivity contribution is 5.92. The van der Waals surface area contributed by atoms with Crippen LogP contribution in [0.4, 0.5) is 0 Å². The molecule has 0 aliphatic rings. The first kappa shape index (κ1) is 13.2. The number of carbonyl (C=O) groups is 2. The van der Waals surface area contributed by atoms with Gasteiger partial charge in [0.2, 0.25) is 0 Å². The van der Waals surface area contributed by atoms with Crippen LogP contribution in [-0.2, 0) is 16.6 Å². The maximum Gasteiger partial charge on any atom is 0.329 e. The molecule has 0 aromatic carbocycles. The summed E-state index contributed by atoms with van der Waals surface area (Å²) >= 11 is 0. The van der Waals surface area contributed by atoms with Crippen LogP contribution < -0.4 is 5.32 Å². The number of carboxylic acid groups (broad SMARTS) is 1. The fourth-order valence-corrected chi connectivity index (χ4v) is 1.33. The Balaban J connectivity index is 2.31. The predicted molar refractivity (Wildman–Crippen MR) is 60.9 cm³/mol. The van der Waals surface area contributed by atoms with Crippen molar-refractivity contribution in [2.45, 2.75) is 6.92 Å². The summed E-state index contributed by atoms with van der Waals surface area (Å²) in [6.45, 7) is 2.03. The molecule has 0 aliphatic heterocycles. The summed E-state index contributed by atoms with van der Waals surface area (Å²) in [5.74, 6) is -1.21. The van der Waals surface area contributed by atoms with Gasteiger partial charge in [0.25, 0.3) is 5.91 Å². The molecule has 6 heteroatoms. The molecule has 0 bridgehead atoms. The highest BCUT2D eigenvalue weighted by atomic mass is 16.5. The molecule has 1 heterocycles. The van der Waals surface area contributed by atoms with Crippen LogP contribution in [0.1, 0.15) is 16.2 Å². The molecule has 1 amide bonds. The first-order valence-electron chi connectivity index (χ1n) is 5.22. The van der Waals surface area contributed by atoms with Gasteiger partial charge < -0.3 is 19.7 Å². The molecular formula is C11H16N2O4. The van der Waals surface area contributed by atoms with Crippen molar-refractivity contribution in [2.24, 2.45) is 7.05 Å². The van der Waals surface area contributed by atoms with E-state index in [1.807, 2.05) is 20.0 Å². The zero-order valence-corrected chi connectivity index (χ0v) is 9.90. The monoisotopic (exact) mass is 240 g/mol. The number of ether oxygens (including phenoxy) is 1. The molecular weight excluding hydrogens is 224 g/mol. The minimum atomic E-state index is -1.02. The molecule has 1 rings (SSSR count). The van der Waals surface area contributed by atoms with Gasteiger partial charge in [-0.25, -0.2) is 4.79 Å². The smallest absolute Gasteiger partial charge is 0.329 e.